The average molecular weight is 418 g/mol. The number of hydrogen-bond acceptors (Lipinski definition) is 5. The second-order valence-corrected chi connectivity index (χ2v) is 9.17. The summed E-state index contributed by atoms with van der Waals surface area (Å²) in [5, 5.41) is 6.48. The van der Waals surface area contributed by atoms with Gasteiger partial charge in [0, 0.05) is 32.1 Å². The highest BCUT2D eigenvalue weighted by Gasteiger charge is 2.40. The molecule has 0 radical (unpaired) electrons. The maximum atomic E-state index is 12.4. The molecule has 1 saturated carbocycles. The van der Waals surface area contributed by atoms with E-state index in [1.54, 1.807) is 4.90 Å². The van der Waals surface area contributed by atoms with Crippen molar-refractivity contribution in [1.82, 2.24) is 15.5 Å². The average Bonchev–Trinajstić information content (AvgIpc) is 3.54. The standard InChI is InChI=1S/C23H35N3O4/c1-23(2,3)30-22(28)26-13-14-29-19(16-26)21(18-9-10-18)24-12-11-20(27)25-15-17-7-5-4-6-8-17/h4-8,18-19,21,24H,9-16H2,1-3H3,(H,25,27). The molecule has 1 heterocycles. The highest BCUT2D eigenvalue weighted by atomic mass is 16.6. The quantitative estimate of drug-likeness (QED) is 0.680. The van der Waals surface area contributed by atoms with Gasteiger partial charge < -0.3 is 25.0 Å². The molecule has 0 spiro atoms. The Morgan fingerprint density at radius 1 is 1.23 bits per heavy atom. The lowest BCUT2D eigenvalue weighted by molar-refractivity contribution is -0.121. The fraction of sp³-hybridized carbons (Fsp3) is 0.652. The first-order chi connectivity index (χ1) is 14.3. The number of nitrogens with zero attached hydrogens (tertiary/aromatic N) is 1. The third-order valence-electron chi connectivity index (χ3n) is 5.34. The molecule has 1 aliphatic heterocycles. The maximum absolute atomic E-state index is 12.4. The molecule has 7 heteroatoms. The van der Waals surface area contributed by atoms with Crippen molar-refractivity contribution >= 4 is 12.0 Å². The summed E-state index contributed by atoms with van der Waals surface area (Å²) in [4.78, 5) is 26.4. The molecule has 2 N–H and O–H groups in total. The Labute approximate surface area is 179 Å². The van der Waals surface area contributed by atoms with Gasteiger partial charge in [-0.2, -0.15) is 0 Å². The molecule has 2 atom stereocenters. The first-order valence-electron chi connectivity index (χ1n) is 11.0. The number of morpholine rings is 1. The zero-order valence-electron chi connectivity index (χ0n) is 18.4. The van der Waals surface area contributed by atoms with Gasteiger partial charge in [-0.15, -0.1) is 0 Å². The third-order valence-corrected chi connectivity index (χ3v) is 5.34. The highest BCUT2D eigenvalue weighted by Crippen LogP contribution is 2.35. The van der Waals surface area contributed by atoms with Crippen LogP contribution < -0.4 is 10.6 Å². The lowest BCUT2D eigenvalue weighted by atomic mass is 10.0. The van der Waals surface area contributed by atoms with Crippen molar-refractivity contribution in [3.8, 4) is 0 Å². The molecule has 0 bridgehead atoms. The van der Waals surface area contributed by atoms with Crippen molar-refractivity contribution in [3.63, 3.8) is 0 Å². The van der Waals surface area contributed by atoms with Crippen molar-refractivity contribution in [3.05, 3.63) is 35.9 Å². The molecule has 30 heavy (non-hydrogen) atoms. The van der Waals surface area contributed by atoms with Crippen LogP contribution >= 0.6 is 0 Å². The van der Waals surface area contributed by atoms with Gasteiger partial charge in [-0.05, 0) is 45.1 Å². The normalized spacial score (nSPS) is 20.5. The van der Waals surface area contributed by atoms with Gasteiger partial charge in [-0.1, -0.05) is 30.3 Å². The molecule has 7 nitrogen and oxygen atoms in total. The Morgan fingerprint density at radius 2 is 1.97 bits per heavy atom. The van der Waals surface area contributed by atoms with Crippen molar-refractivity contribution < 1.29 is 19.1 Å². The molecule has 2 fully saturated rings. The van der Waals surface area contributed by atoms with Crippen molar-refractivity contribution in [1.29, 1.82) is 0 Å². The fourth-order valence-corrected chi connectivity index (χ4v) is 3.68. The van der Waals surface area contributed by atoms with E-state index in [1.165, 1.54) is 0 Å². The lowest BCUT2D eigenvalue weighted by Crippen LogP contribution is -2.55. The van der Waals surface area contributed by atoms with Crippen LogP contribution in [0.25, 0.3) is 0 Å². The number of ether oxygens (including phenoxy) is 2. The molecular weight excluding hydrogens is 382 g/mol. The minimum absolute atomic E-state index is 0.0286. The summed E-state index contributed by atoms with van der Waals surface area (Å²) in [6, 6.07) is 10.0. The van der Waals surface area contributed by atoms with Gasteiger partial charge in [0.05, 0.1) is 19.3 Å². The number of amides is 2. The van der Waals surface area contributed by atoms with Gasteiger partial charge >= 0.3 is 6.09 Å². The van der Waals surface area contributed by atoms with E-state index in [1.807, 2.05) is 51.1 Å². The second-order valence-electron chi connectivity index (χ2n) is 9.17. The predicted molar refractivity (Wildman–Crippen MR) is 115 cm³/mol. The van der Waals surface area contributed by atoms with Crippen molar-refractivity contribution in [2.24, 2.45) is 5.92 Å². The van der Waals surface area contributed by atoms with Crippen LogP contribution in [0, 0.1) is 5.92 Å². The molecule has 2 amide bonds. The van der Waals surface area contributed by atoms with E-state index < -0.39 is 5.60 Å². The summed E-state index contributed by atoms with van der Waals surface area (Å²) in [6.07, 6.45) is 2.36. The van der Waals surface area contributed by atoms with E-state index in [2.05, 4.69) is 10.6 Å². The first-order valence-corrected chi connectivity index (χ1v) is 11.0. The number of hydrogen-bond donors (Lipinski definition) is 2. The number of rotatable bonds is 8. The molecule has 1 aromatic rings. The Balaban J connectivity index is 1.44. The number of nitrogens with one attached hydrogen (secondary N) is 2. The monoisotopic (exact) mass is 417 g/mol. The van der Waals surface area contributed by atoms with Gasteiger partial charge in [0.25, 0.3) is 0 Å². The highest BCUT2D eigenvalue weighted by molar-refractivity contribution is 5.76. The molecule has 1 aliphatic carbocycles. The number of benzene rings is 1. The Hall–Kier alpha value is -2.12. The molecule has 1 saturated heterocycles. The largest absolute Gasteiger partial charge is 0.444 e. The van der Waals surface area contributed by atoms with Crippen LogP contribution in [0.5, 0.6) is 0 Å². The molecule has 1 aromatic carbocycles. The van der Waals surface area contributed by atoms with Crippen LogP contribution in [0.4, 0.5) is 4.79 Å². The fourth-order valence-electron chi connectivity index (χ4n) is 3.68. The molecule has 2 unspecified atom stereocenters. The van der Waals surface area contributed by atoms with E-state index >= 15 is 0 Å². The summed E-state index contributed by atoms with van der Waals surface area (Å²) in [5.41, 5.74) is 0.582. The number of carbonyl (C=O) groups is 2. The number of carbonyl (C=O) groups excluding carboxylic acids is 2. The Kier molecular flexibility index (Phi) is 7.72. The topological polar surface area (TPSA) is 79.9 Å². The van der Waals surface area contributed by atoms with Crippen molar-refractivity contribution in [2.45, 2.75) is 64.3 Å². The van der Waals surface area contributed by atoms with Gasteiger partial charge in [-0.25, -0.2) is 4.79 Å². The van der Waals surface area contributed by atoms with Gasteiger partial charge in [0.2, 0.25) is 5.91 Å². The van der Waals surface area contributed by atoms with E-state index in [0.29, 0.717) is 45.1 Å². The van der Waals surface area contributed by atoms with Crippen LogP contribution in [-0.4, -0.2) is 60.9 Å². The molecule has 2 aliphatic rings. The van der Waals surface area contributed by atoms with E-state index in [9.17, 15) is 9.59 Å². The van der Waals surface area contributed by atoms with E-state index in [-0.39, 0.29) is 24.1 Å². The minimum atomic E-state index is -0.508. The molecule has 3 rings (SSSR count). The molecular formula is C23H35N3O4. The zero-order chi connectivity index (χ0) is 21.6. The van der Waals surface area contributed by atoms with Crippen LogP contribution in [0.15, 0.2) is 30.3 Å². The van der Waals surface area contributed by atoms with E-state index in [0.717, 1.165) is 18.4 Å². The summed E-state index contributed by atoms with van der Waals surface area (Å²) < 4.78 is 11.5. The Bertz CT molecular complexity index is 700. The van der Waals surface area contributed by atoms with Crippen LogP contribution in [0.3, 0.4) is 0 Å². The summed E-state index contributed by atoms with van der Waals surface area (Å²) >= 11 is 0. The summed E-state index contributed by atoms with van der Waals surface area (Å²) in [5.74, 6) is 0.571. The third kappa shape index (κ3) is 7.29. The second kappa shape index (κ2) is 10.3. The van der Waals surface area contributed by atoms with Crippen LogP contribution in [-0.2, 0) is 20.8 Å². The Morgan fingerprint density at radius 3 is 2.63 bits per heavy atom. The zero-order valence-corrected chi connectivity index (χ0v) is 18.4. The summed E-state index contributed by atoms with van der Waals surface area (Å²) in [6.45, 7) is 8.33. The lowest BCUT2D eigenvalue weighted by Gasteiger charge is -2.38. The van der Waals surface area contributed by atoms with Gasteiger partial charge in [0.15, 0.2) is 0 Å². The van der Waals surface area contributed by atoms with Crippen molar-refractivity contribution in [2.75, 3.05) is 26.2 Å². The molecule has 0 aromatic heterocycles. The maximum Gasteiger partial charge on any atom is 0.410 e. The predicted octanol–water partition coefficient (Wildman–Crippen LogP) is 2.70. The minimum Gasteiger partial charge on any atom is -0.444 e. The summed E-state index contributed by atoms with van der Waals surface area (Å²) in [7, 11) is 0. The van der Waals surface area contributed by atoms with Crippen LogP contribution in [0.2, 0.25) is 0 Å². The first kappa shape index (κ1) is 22.6. The van der Waals surface area contributed by atoms with Gasteiger partial charge in [-0.3, -0.25) is 4.79 Å². The van der Waals surface area contributed by atoms with Gasteiger partial charge in [0.1, 0.15) is 5.60 Å². The SMILES string of the molecule is CC(C)(C)OC(=O)N1CCOC(C(NCCC(=O)NCc2ccccc2)C2CC2)C1. The smallest absolute Gasteiger partial charge is 0.410 e. The van der Waals surface area contributed by atoms with E-state index in [4.69, 9.17) is 9.47 Å². The van der Waals surface area contributed by atoms with Crippen LogP contribution in [0.1, 0.15) is 45.6 Å². The molecule has 166 valence electrons.